The minimum atomic E-state index is 0.524. The second-order valence-corrected chi connectivity index (χ2v) is 6.39. The summed E-state index contributed by atoms with van der Waals surface area (Å²) in [6.07, 6.45) is 8.77. The molecule has 0 amide bonds. The number of thioether (sulfide) groups is 1. The Morgan fingerprint density at radius 3 is 2.79 bits per heavy atom. The first-order chi connectivity index (χ1) is 9.28. The molecule has 2 nitrogen and oxygen atoms in total. The van der Waals surface area contributed by atoms with Crippen molar-refractivity contribution in [1.29, 1.82) is 0 Å². The van der Waals surface area contributed by atoms with Crippen LogP contribution in [0.5, 0.6) is 0 Å². The lowest BCUT2D eigenvalue weighted by atomic mass is 10.0. The molecule has 106 valence electrons. The molecule has 1 aromatic carbocycles. The summed E-state index contributed by atoms with van der Waals surface area (Å²) in [6, 6.07) is 9.95. The molecule has 2 atom stereocenters. The van der Waals surface area contributed by atoms with Gasteiger partial charge in [-0.05, 0) is 63.3 Å². The molecule has 1 saturated heterocycles. The molecule has 3 heteroatoms. The van der Waals surface area contributed by atoms with Crippen molar-refractivity contribution in [1.82, 2.24) is 5.32 Å². The fourth-order valence-corrected chi connectivity index (χ4v) is 3.17. The van der Waals surface area contributed by atoms with Crippen LogP contribution in [0.15, 0.2) is 29.2 Å². The molecule has 2 N–H and O–H groups in total. The summed E-state index contributed by atoms with van der Waals surface area (Å²) in [5.74, 6) is 0. The molecule has 0 radical (unpaired) electrons. The Morgan fingerprint density at radius 2 is 2.05 bits per heavy atom. The number of rotatable bonds is 5. The summed E-state index contributed by atoms with van der Waals surface area (Å²) in [5, 5.41) is 7.28. The Labute approximate surface area is 121 Å². The largest absolute Gasteiger partial charge is 0.383 e. The van der Waals surface area contributed by atoms with Gasteiger partial charge in [0.05, 0.1) is 0 Å². The van der Waals surface area contributed by atoms with Crippen molar-refractivity contribution in [2.75, 3.05) is 18.1 Å². The van der Waals surface area contributed by atoms with E-state index in [0.29, 0.717) is 12.1 Å². The van der Waals surface area contributed by atoms with Crippen LogP contribution < -0.4 is 10.6 Å². The zero-order chi connectivity index (χ0) is 13.5. The van der Waals surface area contributed by atoms with Crippen molar-refractivity contribution in [2.24, 2.45) is 0 Å². The molecule has 2 rings (SSSR count). The predicted molar refractivity (Wildman–Crippen MR) is 86.2 cm³/mol. The fraction of sp³-hybridized carbons (Fsp3) is 0.625. The zero-order valence-electron chi connectivity index (χ0n) is 12.1. The van der Waals surface area contributed by atoms with Crippen LogP contribution in [-0.4, -0.2) is 24.9 Å². The van der Waals surface area contributed by atoms with E-state index in [1.54, 1.807) is 11.8 Å². The first-order valence-corrected chi connectivity index (χ1v) is 8.64. The Hall–Kier alpha value is -0.670. The van der Waals surface area contributed by atoms with E-state index in [4.69, 9.17) is 0 Å². The summed E-state index contributed by atoms with van der Waals surface area (Å²) in [4.78, 5) is 1.32. The van der Waals surface area contributed by atoms with Crippen LogP contribution in [0.1, 0.15) is 39.0 Å². The molecule has 1 fully saturated rings. The van der Waals surface area contributed by atoms with Gasteiger partial charge in [0.1, 0.15) is 0 Å². The molecule has 1 aromatic rings. The molecule has 0 bridgehead atoms. The maximum absolute atomic E-state index is 3.67. The van der Waals surface area contributed by atoms with Gasteiger partial charge in [-0.1, -0.05) is 12.8 Å². The fourth-order valence-electron chi connectivity index (χ4n) is 2.76. The van der Waals surface area contributed by atoms with Crippen LogP contribution in [0.2, 0.25) is 0 Å². The molecule has 0 aromatic heterocycles. The SMILES string of the molecule is CSc1ccc(NC(C)CC2CCCCCN2)cc1. The monoisotopic (exact) mass is 278 g/mol. The number of nitrogens with one attached hydrogen (secondary N) is 2. The van der Waals surface area contributed by atoms with Crippen molar-refractivity contribution in [3.8, 4) is 0 Å². The van der Waals surface area contributed by atoms with Gasteiger partial charge in [-0.15, -0.1) is 11.8 Å². The smallest absolute Gasteiger partial charge is 0.0343 e. The number of hydrogen-bond donors (Lipinski definition) is 2. The molecular formula is C16H26N2S. The highest BCUT2D eigenvalue weighted by Gasteiger charge is 2.14. The summed E-state index contributed by atoms with van der Waals surface area (Å²) >= 11 is 1.79. The lowest BCUT2D eigenvalue weighted by Gasteiger charge is -2.22. The van der Waals surface area contributed by atoms with Gasteiger partial charge in [-0.2, -0.15) is 0 Å². The van der Waals surface area contributed by atoms with Crippen molar-refractivity contribution in [2.45, 2.75) is 56.0 Å². The summed E-state index contributed by atoms with van der Waals surface area (Å²) in [6.45, 7) is 3.48. The third-order valence-corrected chi connectivity index (χ3v) is 4.55. The third kappa shape index (κ3) is 5.07. The van der Waals surface area contributed by atoms with Crippen LogP contribution in [0, 0.1) is 0 Å². The normalized spacial score (nSPS) is 21.7. The van der Waals surface area contributed by atoms with Gasteiger partial charge in [0.25, 0.3) is 0 Å². The van der Waals surface area contributed by atoms with Crippen LogP contribution in [0.25, 0.3) is 0 Å². The average Bonchev–Trinajstić information content (AvgIpc) is 2.68. The first-order valence-electron chi connectivity index (χ1n) is 7.42. The molecular weight excluding hydrogens is 252 g/mol. The van der Waals surface area contributed by atoms with Crippen LogP contribution in [0.3, 0.4) is 0 Å². The van der Waals surface area contributed by atoms with Crippen molar-refractivity contribution >= 4 is 17.4 Å². The quantitative estimate of drug-likeness (QED) is 0.792. The average molecular weight is 278 g/mol. The van der Waals surface area contributed by atoms with Gasteiger partial charge in [0.2, 0.25) is 0 Å². The minimum Gasteiger partial charge on any atom is -0.383 e. The van der Waals surface area contributed by atoms with Gasteiger partial charge >= 0.3 is 0 Å². The van der Waals surface area contributed by atoms with Gasteiger partial charge < -0.3 is 10.6 Å². The van der Waals surface area contributed by atoms with E-state index in [2.05, 4.69) is 48.1 Å². The van der Waals surface area contributed by atoms with Crippen LogP contribution >= 0.6 is 11.8 Å². The highest BCUT2D eigenvalue weighted by atomic mass is 32.2. The van der Waals surface area contributed by atoms with Gasteiger partial charge in [0, 0.05) is 22.7 Å². The molecule has 0 spiro atoms. The maximum atomic E-state index is 3.67. The Balaban J connectivity index is 1.80. The molecule has 1 aliphatic heterocycles. The van der Waals surface area contributed by atoms with E-state index in [1.807, 2.05) is 0 Å². The number of benzene rings is 1. The molecule has 0 aliphatic carbocycles. The highest BCUT2D eigenvalue weighted by molar-refractivity contribution is 7.98. The second-order valence-electron chi connectivity index (χ2n) is 5.51. The third-order valence-electron chi connectivity index (χ3n) is 3.80. The van der Waals surface area contributed by atoms with E-state index in [-0.39, 0.29) is 0 Å². The lowest BCUT2D eigenvalue weighted by molar-refractivity contribution is 0.456. The Morgan fingerprint density at radius 1 is 1.26 bits per heavy atom. The summed E-state index contributed by atoms with van der Waals surface area (Å²) in [5.41, 5.74) is 1.24. The number of anilines is 1. The lowest BCUT2D eigenvalue weighted by Crippen LogP contribution is -2.33. The highest BCUT2D eigenvalue weighted by Crippen LogP contribution is 2.19. The topological polar surface area (TPSA) is 24.1 Å². The van der Waals surface area contributed by atoms with E-state index in [0.717, 1.165) is 0 Å². The van der Waals surface area contributed by atoms with E-state index in [9.17, 15) is 0 Å². The standard InChI is InChI=1S/C16H26N2S/c1-13(12-15-6-4-3-5-11-17-15)18-14-7-9-16(19-2)10-8-14/h7-10,13,15,17-18H,3-6,11-12H2,1-2H3. The molecule has 0 saturated carbocycles. The number of hydrogen-bond acceptors (Lipinski definition) is 3. The molecule has 19 heavy (non-hydrogen) atoms. The van der Waals surface area contributed by atoms with Crippen LogP contribution in [-0.2, 0) is 0 Å². The zero-order valence-corrected chi connectivity index (χ0v) is 12.9. The van der Waals surface area contributed by atoms with E-state index in [1.165, 1.54) is 49.2 Å². The van der Waals surface area contributed by atoms with Crippen LogP contribution in [0.4, 0.5) is 5.69 Å². The molecule has 1 heterocycles. The summed E-state index contributed by atoms with van der Waals surface area (Å²) < 4.78 is 0. The van der Waals surface area contributed by atoms with Crippen molar-refractivity contribution < 1.29 is 0 Å². The van der Waals surface area contributed by atoms with Crippen molar-refractivity contribution in [3.05, 3.63) is 24.3 Å². The predicted octanol–water partition coefficient (Wildman–Crippen LogP) is 4.13. The van der Waals surface area contributed by atoms with Gasteiger partial charge in [0.15, 0.2) is 0 Å². The van der Waals surface area contributed by atoms with Gasteiger partial charge in [-0.3, -0.25) is 0 Å². The molecule has 1 aliphatic rings. The van der Waals surface area contributed by atoms with Crippen molar-refractivity contribution in [3.63, 3.8) is 0 Å². The van der Waals surface area contributed by atoms with Gasteiger partial charge in [-0.25, -0.2) is 0 Å². The maximum Gasteiger partial charge on any atom is 0.0343 e. The molecule has 2 unspecified atom stereocenters. The second kappa shape index (κ2) is 7.81. The first kappa shape index (κ1) is 14.7. The summed E-state index contributed by atoms with van der Waals surface area (Å²) in [7, 11) is 0. The Kier molecular flexibility index (Phi) is 6.05. The Bertz CT molecular complexity index is 356. The minimum absolute atomic E-state index is 0.524. The van der Waals surface area contributed by atoms with E-state index < -0.39 is 0 Å². The van der Waals surface area contributed by atoms with E-state index >= 15 is 0 Å².